The predicted molar refractivity (Wildman–Crippen MR) is 68.1 cm³/mol. The summed E-state index contributed by atoms with van der Waals surface area (Å²) < 4.78 is 6.03. The molecule has 0 heterocycles. The molecule has 82 valence electrons. The SMILES string of the molecule is C#CC(C)C1=CC(O[Si](C)(C)C)CC1=C. The molecule has 0 aromatic heterocycles. The van der Waals surface area contributed by atoms with Gasteiger partial charge < -0.3 is 4.43 Å². The van der Waals surface area contributed by atoms with Gasteiger partial charge >= 0.3 is 0 Å². The maximum atomic E-state index is 6.03. The van der Waals surface area contributed by atoms with Gasteiger partial charge in [0, 0.05) is 12.3 Å². The fourth-order valence-corrected chi connectivity index (χ4v) is 2.87. The molecule has 0 saturated heterocycles. The van der Waals surface area contributed by atoms with E-state index in [2.05, 4.69) is 38.2 Å². The Kier molecular flexibility index (Phi) is 3.59. The summed E-state index contributed by atoms with van der Waals surface area (Å²) in [6.45, 7) is 12.7. The van der Waals surface area contributed by atoms with E-state index >= 15 is 0 Å². The van der Waals surface area contributed by atoms with Gasteiger partial charge in [0.05, 0.1) is 6.10 Å². The van der Waals surface area contributed by atoms with Gasteiger partial charge in [-0.2, -0.15) is 0 Å². The van der Waals surface area contributed by atoms with Crippen molar-refractivity contribution in [1.82, 2.24) is 0 Å². The Morgan fingerprint density at radius 1 is 1.60 bits per heavy atom. The molecule has 2 heteroatoms. The van der Waals surface area contributed by atoms with Crippen LogP contribution in [0, 0.1) is 18.3 Å². The van der Waals surface area contributed by atoms with Crippen molar-refractivity contribution in [3.8, 4) is 12.3 Å². The van der Waals surface area contributed by atoms with Crippen molar-refractivity contribution < 1.29 is 4.43 Å². The van der Waals surface area contributed by atoms with E-state index in [4.69, 9.17) is 10.8 Å². The van der Waals surface area contributed by atoms with Crippen LogP contribution in [0.5, 0.6) is 0 Å². The third-order valence-electron chi connectivity index (χ3n) is 2.44. The minimum absolute atomic E-state index is 0.160. The monoisotopic (exact) mass is 220 g/mol. The van der Waals surface area contributed by atoms with E-state index in [1.807, 2.05) is 6.92 Å². The maximum absolute atomic E-state index is 6.03. The van der Waals surface area contributed by atoms with Crippen LogP contribution in [0.1, 0.15) is 13.3 Å². The molecule has 0 amide bonds. The van der Waals surface area contributed by atoms with Crippen molar-refractivity contribution in [2.45, 2.75) is 39.1 Å². The topological polar surface area (TPSA) is 9.23 Å². The number of allylic oxidation sites excluding steroid dienone is 1. The van der Waals surface area contributed by atoms with Gasteiger partial charge in [-0.15, -0.1) is 6.42 Å². The highest BCUT2D eigenvalue weighted by molar-refractivity contribution is 6.69. The Balaban J connectivity index is 2.73. The Bertz CT molecular complexity index is 327. The first kappa shape index (κ1) is 12.3. The summed E-state index contributed by atoms with van der Waals surface area (Å²) in [6.07, 6.45) is 8.69. The van der Waals surface area contributed by atoms with Gasteiger partial charge in [0.15, 0.2) is 8.32 Å². The lowest BCUT2D eigenvalue weighted by Crippen LogP contribution is -2.30. The van der Waals surface area contributed by atoms with Crippen molar-refractivity contribution in [3.05, 3.63) is 23.8 Å². The number of terminal acetylenes is 1. The van der Waals surface area contributed by atoms with Crippen molar-refractivity contribution in [2.75, 3.05) is 0 Å². The lowest BCUT2D eigenvalue weighted by Gasteiger charge is -2.21. The van der Waals surface area contributed by atoms with Crippen LogP contribution in [0.25, 0.3) is 0 Å². The lowest BCUT2D eigenvalue weighted by molar-refractivity contribution is 0.249. The van der Waals surface area contributed by atoms with Gasteiger partial charge in [-0.1, -0.05) is 18.6 Å². The Labute approximate surface area is 94.4 Å². The van der Waals surface area contributed by atoms with Crippen LogP contribution in [-0.4, -0.2) is 14.4 Å². The van der Waals surface area contributed by atoms with E-state index in [-0.39, 0.29) is 12.0 Å². The zero-order chi connectivity index (χ0) is 11.6. The molecule has 0 spiro atoms. The van der Waals surface area contributed by atoms with E-state index in [1.54, 1.807) is 0 Å². The summed E-state index contributed by atoms with van der Waals surface area (Å²) in [5.41, 5.74) is 2.34. The summed E-state index contributed by atoms with van der Waals surface area (Å²) in [7, 11) is -1.46. The third-order valence-corrected chi connectivity index (χ3v) is 3.45. The van der Waals surface area contributed by atoms with E-state index in [1.165, 1.54) is 5.57 Å². The number of rotatable bonds is 3. The highest BCUT2D eigenvalue weighted by Gasteiger charge is 2.27. The van der Waals surface area contributed by atoms with Gasteiger partial charge in [-0.05, 0) is 37.7 Å². The van der Waals surface area contributed by atoms with Gasteiger partial charge in [0.2, 0.25) is 0 Å². The molecule has 1 rings (SSSR count). The van der Waals surface area contributed by atoms with Crippen molar-refractivity contribution in [2.24, 2.45) is 5.92 Å². The summed E-state index contributed by atoms with van der Waals surface area (Å²) in [5, 5.41) is 0. The smallest absolute Gasteiger partial charge is 0.184 e. The van der Waals surface area contributed by atoms with Crippen molar-refractivity contribution >= 4 is 8.32 Å². The molecule has 0 bridgehead atoms. The zero-order valence-corrected chi connectivity index (χ0v) is 11.1. The quantitative estimate of drug-likeness (QED) is 0.523. The minimum Gasteiger partial charge on any atom is -0.411 e. The molecular weight excluding hydrogens is 200 g/mol. The molecule has 0 radical (unpaired) electrons. The molecule has 1 nitrogen and oxygen atoms in total. The van der Waals surface area contributed by atoms with Gasteiger partial charge in [-0.25, -0.2) is 0 Å². The van der Waals surface area contributed by atoms with Crippen LogP contribution >= 0.6 is 0 Å². The third kappa shape index (κ3) is 3.37. The predicted octanol–water partition coefficient (Wildman–Crippen LogP) is 3.36. The largest absolute Gasteiger partial charge is 0.411 e. The van der Waals surface area contributed by atoms with Crippen LogP contribution in [0.2, 0.25) is 19.6 Å². The normalized spacial score (nSPS) is 23.5. The molecule has 0 aliphatic heterocycles. The highest BCUT2D eigenvalue weighted by atomic mass is 28.4. The van der Waals surface area contributed by atoms with Gasteiger partial charge in [-0.3, -0.25) is 0 Å². The van der Waals surface area contributed by atoms with Crippen LogP contribution in [0.4, 0.5) is 0 Å². The second-order valence-corrected chi connectivity index (χ2v) is 9.55. The molecule has 1 aliphatic rings. The standard InChI is InChI=1S/C13H20OSi/c1-7-10(2)13-9-12(8-11(13)3)14-15(4,5)6/h1,9-10,12H,3,8H2,2,4-6H3. The average molecular weight is 220 g/mol. The van der Waals surface area contributed by atoms with Gasteiger partial charge in [0.25, 0.3) is 0 Å². The zero-order valence-electron chi connectivity index (χ0n) is 10.1. The van der Waals surface area contributed by atoms with E-state index in [9.17, 15) is 0 Å². The Morgan fingerprint density at radius 2 is 2.20 bits per heavy atom. The van der Waals surface area contributed by atoms with Crippen LogP contribution < -0.4 is 0 Å². The van der Waals surface area contributed by atoms with Crippen LogP contribution in [-0.2, 0) is 4.43 Å². The highest BCUT2D eigenvalue weighted by Crippen LogP contribution is 2.32. The molecule has 2 unspecified atom stereocenters. The molecular formula is C13H20OSi. The second-order valence-electron chi connectivity index (χ2n) is 5.09. The molecule has 0 saturated carbocycles. The maximum Gasteiger partial charge on any atom is 0.184 e. The summed E-state index contributed by atoms with van der Waals surface area (Å²) in [4.78, 5) is 0. The molecule has 0 aromatic carbocycles. The summed E-state index contributed by atoms with van der Waals surface area (Å²) in [5.74, 6) is 2.91. The van der Waals surface area contributed by atoms with E-state index < -0.39 is 8.32 Å². The lowest BCUT2D eigenvalue weighted by atomic mass is 9.98. The molecule has 0 fully saturated rings. The Morgan fingerprint density at radius 3 is 2.67 bits per heavy atom. The van der Waals surface area contributed by atoms with E-state index in [0.717, 1.165) is 12.0 Å². The van der Waals surface area contributed by atoms with Crippen molar-refractivity contribution in [1.29, 1.82) is 0 Å². The van der Waals surface area contributed by atoms with Gasteiger partial charge in [0.1, 0.15) is 0 Å². The van der Waals surface area contributed by atoms with Crippen LogP contribution in [0.3, 0.4) is 0 Å². The summed E-state index contributed by atoms with van der Waals surface area (Å²) in [6, 6.07) is 0. The second kappa shape index (κ2) is 4.38. The van der Waals surface area contributed by atoms with Crippen molar-refractivity contribution in [3.63, 3.8) is 0 Å². The van der Waals surface area contributed by atoms with Crippen LogP contribution in [0.15, 0.2) is 23.8 Å². The fraction of sp³-hybridized carbons (Fsp3) is 0.538. The molecule has 1 aliphatic carbocycles. The molecule has 2 atom stereocenters. The number of hydrogen-bond donors (Lipinski definition) is 0. The number of hydrogen-bond acceptors (Lipinski definition) is 1. The Hall–Kier alpha value is -0.783. The first-order valence-corrected chi connectivity index (χ1v) is 8.78. The first-order valence-electron chi connectivity index (χ1n) is 5.37. The molecule has 0 N–H and O–H groups in total. The average Bonchev–Trinajstić information content (AvgIpc) is 2.42. The molecule has 15 heavy (non-hydrogen) atoms. The minimum atomic E-state index is -1.46. The summed E-state index contributed by atoms with van der Waals surface area (Å²) >= 11 is 0. The van der Waals surface area contributed by atoms with E-state index in [0.29, 0.717) is 0 Å². The first-order chi connectivity index (χ1) is 6.83. The molecule has 0 aromatic rings. The fourth-order valence-electron chi connectivity index (χ4n) is 1.81.